The summed E-state index contributed by atoms with van der Waals surface area (Å²) in [6, 6.07) is 7.91. The predicted octanol–water partition coefficient (Wildman–Crippen LogP) is -2.82. The molecule has 0 spiro atoms. The van der Waals surface area contributed by atoms with Crippen LogP contribution in [0.4, 0.5) is 0 Å². The van der Waals surface area contributed by atoms with Crippen LogP contribution < -0.4 is 40.6 Å². The van der Waals surface area contributed by atoms with Gasteiger partial charge in [-0.2, -0.15) is 0 Å². The SMILES string of the molecule is NC(CCC(=O)NC(=O)Cc1ccccc1)C(=O)O.[H-].[Na+]. The number of nitrogens with two attached hydrogens (primary N) is 1. The maximum absolute atomic E-state index is 11.5. The van der Waals surface area contributed by atoms with Crippen molar-refractivity contribution < 1.29 is 50.5 Å². The third kappa shape index (κ3) is 7.40. The summed E-state index contributed by atoms with van der Waals surface area (Å²) >= 11 is 0. The van der Waals surface area contributed by atoms with Crippen LogP contribution in [-0.2, 0) is 20.8 Å². The fourth-order valence-electron chi connectivity index (χ4n) is 1.45. The molecule has 6 nitrogen and oxygen atoms in total. The molecule has 0 radical (unpaired) electrons. The van der Waals surface area contributed by atoms with Crippen molar-refractivity contribution >= 4 is 17.8 Å². The molecule has 20 heavy (non-hydrogen) atoms. The van der Waals surface area contributed by atoms with Crippen molar-refractivity contribution in [2.45, 2.75) is 25.3 Å². The molecule has 0 aliphatic carbocycles. The number of amides is 2. The van der Waals surface area contributed by atoms with Crippen LogP contribution in [0.15, 0.2) is 30.3 Å². The van der Waals surface area contributed by atoms with Crippen LogP contribution in [0.3, 0.4) is 0 Å². The fraction of sp³-hybridized carbons (Fsp3) is 0.308. The molecule has 1 atom stereocenters. The molecule has 0 bridgehead atoms. The summed E-state index contributed by atoms with van der Waals surface area (Å²) in [6.45, 7) is 0. The van der Waals surface area contributed by atoms with E-state index in [1.54, 1.807) is 24.3 Å². The first-order valence-corrected chi connectivity index (χ1v) is 5.84. The molecule has 7 heteroatoms. The third-order valence-corrected chi connectivity index (χ3v) is 2.49. The molecule has 0 saturated carbocycles. The van der Waals surface area contributed by atoms with Crippen LogP contribution in [0.1, 0.15) is 19.8 Å². The van der Waals surface area contributed by atoms with Crippen LogP contribution in [-0.4, -0.2) is 28.9 Å². The Labute approximate surface area is 140 Å². The van der Waals surface area contributed by atoms with Crippen LogP contribution in [0.25, 0.3) is 0 Å². The summed E-state index contributed by atoms with van der Waals surface area (Å²) in [4.78, 5) is 33.4. The number of imide groups is 1. The van der Waals surface area contributed by atoms with Gasteiger partial charge in [0, 0.05) is 6.42 Å². The summed E-state index contributed by atoms with van der Waals surface area (Å²) in [6.07, 6.45) is 0.0192. The van der Waals surface area contributed by atoms with Crippen molar-refractivity contribution in [1.82, 2.24) is 5.32 Å². The van der Waals surface area contributed by atoms with E-state index in [0.717, 1.165) is 5.56 Å². The average Bonchev–Trinajstić information content (AvgIpc) is 2.36. The van der Waals surface area contributed by atoms with Crippen molar-refractivity contribution in [2.75, 3.05) is 0 Å². The second-order valence-electron chi connectivity index (χ2n) is 4.12. The molecule has 0 fully saturated rings. The standard InChI is InChI=1S/C13H16N2O4.Na.H/c14-10(13(18)19)6-7-11(16)15-12(17)8-9-4-2-1-3-5-9;;/h1-5,10H,6-8,14H2,(H,18,19)(H,15,16,17);;/q;+1;-1. The Morgan fingerprint density at radius 1 is 1.20 bits per heavy atom. The number of carboxylic acid groups (broad SMARTS) is 1. The second kappa shape index (κ2) is 9.66. The number of nitrogens with one attached hydrogen (secondary N) is 1. The molecule has 4 N–H and O–H groups in total. The maximum atomic E-state index is 11.5. The Bertz CT molecular complexity index is 470. The van der Waals surface area contributed by atoms with Crippen molar-refractivity contribution in [3.63, 3.8) is 0 Å². The van der Waals surface area contributed by atoms with Gasteiger partial charge in [0.1, 0.15) is 6.04 Å². The topological polar surface area (TPSA) is 109 Å². The summed E-state index contributed by atoms with van der Waals surface area (Å²) < 4.78 is 0. The van der Waals surface area contributed by atoms with E-state index < -0.39 is 23.8 Å². The second-order valence-corrected chi connectivity index (χ2v) is 4.12. The van der Waals surface area contributed by atoms with Crippen molar-refractivity contribution in [3.05, 3.63) is 35.9 Å². The number of carboxylic acids is 1. The van der Waals surface area contributed by atoms with Gasteiger partial charge in [0.2, 0.25) is 11.8 Å². The Balaban J connectivity index is 0. The molecule has 0 aromatic heterocycles. The average molecular weight is 288 g/mol. The number of hydrogen-bond donors (Lipinski definition) is 3. The molecule has 1 aromatic carbocycles. The van der Waals surface area contributed by atoms with Crippen molar-refractivity contribution in [3.8, 4) is 0 Å². The summed E-state index contributed by atoms with van der Waals surface area (Å²) in [7, 11) is 0. The Morgan fingerprint density at radius 3 is 2.35 bits per heavy atom. The first-order chi connectivity index (χ1) is 8.99. The number of aliphatic carboxylic acids is 1. The molecule has 0 aliphatic rings. The Kier molecular flexibility index (Phi) is 9.07. The summed E-state index contributed by atoms with van der Waals surface area (Å²) in [5.74, 6) is -2.10. The van der Waals surface area contributed by atoms with E-state index in [1.807, 2.05) is 6.07 Å². The number of carbonyl (C=O) groups excluding carboxylic acids is 2. The van der Waals surface area contributed by atoms with Gasteiger partial charge in [0.15, 0.2) is 0 Å². The van der Waals surface area contributed by atoms with Crippen molar-refractivity contribution in [2.24, 2.45) is 5.73 Å². The molecule has 0 saturated heterocycles. The van der Waals surface area contributed by atoms with E-state index in [1.165, 1.54) is 0 Å². The van der Waals surface area contributed by atoms with Gasteiger partial charge in [-0.25, -0.2) is 0 Å². The summed E-state index contributed by atoms with van der Waals surface area (Å²) in [5.41, 5.74) is 6.06. The van der Waals surface area contributed by atoms with E-state index in [9.17, 15) is 14.4 Å². The van der Waals surface area contributed by atoms with Gasteiger partial charge in [-0.15, -0.1) is 0 Å². The zero-order valence-corrected chi connectivity index (χ0v) is 13.3. The molecular weight excluding hydrogens is 271 g/mol. The van der Waals surface area contributed by atoms with E-state index in [2.05, 4.69) is 5.32 Å². The van der Waals surface area contributed by atoms with Gasteiger partial charge in [-0.1, -0.05) is 30.3 Å². The number of carbonyl (C=O) groups is 3. The van der Waals surface area contributed by atoms with E-state index in [4.69, 9.17) is 10.8 Å². The monoisotopic (exact) mass is 288 g/mol. The molecule has 0 aliphatic heterocycles. The first kappa shape index (κ1) is 18.8. The van der Waals surface area contributed by atoms with Crippen LogP contribution in [0.2, 0.25) is 0 Å². The first-order valence-electron chi connectivity index (χ1n) is 5.84. The minimum atomic E-state index is -1.16. The van der Waals surface area contributed by atoms with Crippen molar-refractivity contribution in [1.29, 1.82) is 0 Å². The minimum absolute atomic E-state index is 0. The fourth-order valence-corrected chi connectivity index (χ4v) is 1.45. The van der Waals surface area contributed by atoms with Gasteiger partial charge in [-0.05, 0) is 12.0 Å². The molecule has 1 aromatic rings. The number of rotatable bonds is 6. The Hall–Kier alpha value is -1.21. The van der Waals surface area contributed by atoms with Crippen LogP contribution in [0, 0.1) is 0 Å². The molecule has 2 amide bonds. The van der Waals surface area contributed by atoms with E-state index in [0.29, 0.717) is 0 Å². The largest absolute Gasteiger partial charge is 1.00 e. The minimum Gasteiger partial charge on any atom is -1.00 e. The molecule has 1 unspecified atom stereocenters. The normalized spacial score (nSPS) is 11.1. The third-order valence-electron chi connectivity index (χ3n) is 2.49. The van der Waals surface area contributed by atoms with Gasteiger partial charge < -0.3 is 12.3 Å². The number of hydrogen-bond acceptors (Lipinski definition) is 4. The zero-order chi connectivity index (χ0) is 14.3. The zero-order valence-electron chi connectivity index (χ0n) is 12.3. The molecule has 1 rings (SSSR count). The number of benzene rings is 1. The van der Waals surface area contributed by atoms with E-state index in [-0.39, 0.29) is 50.2 Å². The molecular formula is C13H17N2NaO4. The smallest absolute Gasteiger partial charge is 1.00 e. The van der Waals surface area contributed by atoms with Gasteiger partial charge >= 0.3 is 35.5 Å². The predicted molar refractivity (Wildman–Crippen MR) is 69.3 cm³/mol. The molecule has 104 valence electrons. The van der Waals surface area contributed by atoms with Gasteiger partial charge in [-0.3, -0.25) is 19.7 Å². The molecule has 0 heterocycles. The summed E-state index contributed by atoms with van der Waals surface area (Å²) in [5, 5.41) is 10.7. The van der Waals surface area contributed by atoms with E-state index >= 15 is 0 Å². The van der Waals surface area contributed by atoms with Gasteiger partial charge in [0.25, 0.3) is 0 Å². The Morgan fingerprint density at radius 2 is 1.80 bits per heavy atom. The van der Waals surface area contributed by atoms with Crippen LogP contribution in [0.5, 0.6) is 0 Å². The quantitative estimate of drug-likeness (QED) is 0.489. The van der Waals surface area contributed by atoms with Gasteiger partial charge in [0.05, 0.1) is 6.42 Å². The maximum Gasteiger partial charge on any atom is 1.00 e. The van der Waals surface area contributed by atoms with Crippen LogP contribution >= 0.6 is 0 Å².